The van der Waals surface area contributed by atoms with Crippen LogP contribution in [0.4, 0.5) is 0 Å². The first-order valence-electron chi connectivity index (χ1n) is 9.93. The first-order valence-corrected chi connectivity index (χ1v) is 10.3. The molecule has 0 saturated carbocycles. The van der Waals surface area contributed by atoms with Crippen LogP contribution in [0.5, 0.6) is 11.5 Å². The van der Waals surface area contributed by atoms with Gasteiger partial charge in [-0.05, 0) is 42.7 Å². The minimum Gasteiger partial charge on any atom is -0.496 e. The number of hydrogen-bond acceptors (Lipinski definition) is 4. The lowest BCUT2D eigenvalue weighted by Gasteiger charge is -2.21. The Bertz CT molecular complexity index is 776. The molecule has 1 N–H and O–H groups in total. The van der Waals surface area contributed by atoms with Crippen LogP contribution in [0.25, 0.3) is 0 Å². The van der Waals surface area contributed by atoms with Gasteiger partial charge in [-0.3, -0.25) is 4.79 Å². The molecule has 1 atom stereocenters. The number of ether oxygens (including phenoxy) is 3. The van der Waals surface area contributed by atoms with Gasteiger partial charge in [-0.25, -0.2) is 0 Å². The number of nitrogens with one attached hydrogen (secondary N) is 1. The molecular weight excluding hydrogens is 390 g/mol. The number of methoxy groups -OCH3 is 2. The lowest BCUT2D eigenvalue weighted by Crippen LogP contribution is -2.35. The molecule has 0 saturated heterocycles. The van der Waals surface area contributed by atoms with E-state index in [1.165, 1.54) is 0 Å². The van der Waals surface area contributed by atoms with Crippen molar-refractivity contribution >= 4 is 17.5 Å². The van der Waals surface area contributed by atoms with Crippen LogP contribution in [-0.4, -0.2) is 26.2 Å². The molecule has 0 aliphatic heterocycles. The zero-order valence-electron chi connectivity index (χ0n) is 17.6. The smallest absolute Gasteiger partial charge is 0.261 e. The van der Waals surface area contributed by atoms with E-state index < -0.39 is 6.10 Å². The van der Waals surface area contributed by atoms with E-state index in [2.05, 4.69) is 12.2 Å². The fraction of sp³-hybridized carbons (Fsp3) is 0.435. The summed E-state index contributed by atoms with van der Waals surface area (Å²) in [4.78, 5) is 12.8. The van der Waals surface area contributed by atoms with Gasteiger partial charge < -0.3 is 19.5 Å². The predicted octanol–water partition coefficient (Wildman–Crippen LogP) is 5.25. The molecule has 1 amide bonds. The summed E-state index contributed by atoms with van der Waals surface area (Å²) < 4.78 is 16.9. The largest absolute Gasteiger partial charge is 0.496 e. The number of allylic oxidation sites excluding steroid dienone is 5. The summed E-state index contributed by atoms with van der Waals surface area (Å²) in [5, 5.41) is 3.63. The lowest BCUT2D eigenvalue weighted by molar-refractivity contribution is -0.130. The Balaban J connectivity index is 2.13. The molecule has 158 valence electrons. The third kappa shape index (κ3) is 6.29. The second-order valence-corrected chi connectivity index (χ2v) is 7.14. The van der Waals surface area contributed by atoms with Crippen molar-refractivity contribution in [3.05, 3.63) is 58.4 Å². The van der Waals surface area contributed by atoms with Gasteiger partial charge in [-0.15, -0.1) is 0 Å². The maximum atomic E-state index is 12.8. The topological polar surface area (TPSA) is 56.8 Å². The fourth-order valence-corrected chi connectivity index (χ4v) is 3.42. The summed E-state index contributed by atoms with van der Waals surface area (Å²) in [5.74, 6) is 1.96. The molecule has 0 aromatic heterocycles. The molecule has 29 heavy (non-hydrogen) atoms. The Morgan fingerprint density at radius 2 is 1.90 bits per heavy atom. The first kappa shape index (κ1) is 22.9. The van der Waals surface area contributed by atoms with E-state index in [0.29, 0.717) is 35.9 Å². The Hall–Kier alpha value is -2.40. The van der Waals surface area contributed by atoms with Crippen molar-refractivity contribution in [3.8, 4) is 11.5 Å². The third-order valence-electron chi connectivity index (χ3n) is 4.69. The first-order chi connectivity index (χ1) is 14.0. The van der Waals surface area contributed by atoms with Crippen LogP contribution in [0.15, 0.2) is 52.8 Å². The van der Waals surface area contributed by atoms with Crippen LogP contribution in [-0.2, 0) is 16.1 Å². The fourth-order valence-electron chi connectivity index (χ4n) is 3.19. The Labute approximate surface area is 178 Å². The van der Waals surface area contributed by atoms with Crippen molar-refractivity contribution in [2.45, 2.75) is 52.2 Å². The van der Waals surface area contributed by atoms with Crippen molar-refractivity contribution in [2.24, 2.45) is 0 Å². The minimum atomic E-state index is -0.587. The van der Waals surface area contributed by atoms with Crippen molar-refractivity contribution in [2.75, 3.05) is 14.2 Å². The highest BCUT2D eigenvalue weighted by Crippen LogP contribution is 2.29. The molecule has 0 fully saturated rings. The van der Waals surface area contributed by atoms with Crippen LogP contribution >= 0.6 is 11.6 Å². The summed E-state index contributed by atoms with van der Waals surface area (Å²) in [6.07, 6.45) is 8.16. The molecule has 1 aromatic rings. The molecule has 2 rings (SSSR count). The van der Waals surface area contributed by atoms with Crippen molar-refractivity contribution in [3.63, 3.8) is 0 Å². The molecule has 0 bridgehead atoms. The normalized spacial score (nSPS) is 14.7. The van der Waals surface area contributed by atoms with Crippen molar-refractivity contribution in [1.82, 2.24) is 5.32 Å². The summed E-state index contributed by atoms with van der Waals surface area (Å²) >= 11 is 6.21. The van der Waals surface area contributed by atoms with Crippen LogP contribution in [0.2, 0.25) is 0 Å². The molecule has 1 aliphatic carbocycles. The van der Waals surface area contributed by atoms with Gasteiger partial charge in [-0.2, -0.15) is 0 Å². The highest BCUT2D eigenvalue weighted by molar-refractivity contribution is 6.31. The Kier molecular flexibility index (Phi) is 9.13. The van der Waals surface area contributed by atoms with Gasteiger partial charge >= 0.3 is 0 Å². The molecular formula is C23H30ClNO4. The van der Waals surface area contributed by atoms with E-state index in [1.54, 1.807) is 14.2 Å². The van der Waals surface area contributed by atoms with E-state index in [1.807, 2.05) is 43.4 Å². The van der Waals surface area contributed by atoms with Crippen LogP contribution in [0.1, 0.15) is 45.1 Å². The summed E-state index contributed by atoms with van der Waals surface area (Å²) in [6.45, 7) is 4.33. The lowest BCUT2D eigenvalue weighted by atomic mass is 10.1. The maximum absolute atomic E-state index is 12.8. The van der Waals surface area contributed by atoms with Crippen LogP contribution in [0.3, 0.4) is 0 Å². The van der Waals surface area contributed by atoms with Crippen molar-refractivity contribution in [1.29, 1.82) is 0 Å². The zero-order chi connectivity index (χ0) is 21.2. The second kappa shape index (κ2) is 11.6. The van der Waals surface area contributed by atoms with E-state index in [0.717, 1.165) is 29.7 Å². The van der Waals surface area contributed by atoms with Crippen molar-refractivity contribution < 1.29 is 19.0 Å². The number of carbonyl (C=O) groups is 1. The number of rotatable bonds is 10. The highest BCUT2D eigenvalue weighted by Gasteiger charge is 2.22. The van der Waals surface area contributed by atoms with Gasteiger partial charge in [0.2, 0.25) is 0 Å². The zero-order valence-corrected chi connectivity index (χ0v) is 18.3. The Morgan fingerprint density at radius 1 is 1.21 bits per heavy atom. The standard InChI is InChI=1S/C23H30ClNO4/c1-5-9-16-14-17(24)10-7-11-20(16)29-19(6-2)23(26)25-15-18-21(27-3)12-8-13-22(18)28-4/h7-8,10,12-14,19H,5-6,9,11,15H2,1-4H3,(H,25,26). The summed E-state index contributed by atoms with van der Waals surface area (Å²) in [7, 11) is 3.19. The number of halogens is 1. The van der Waals surface area contributed by atoms with Gasteiger partial charge in [0.25, 0.3) is 5.91 Å². The molecule has 1 aliphatic rings. The van der Waals surface area contributed by atoms with E-state index in [-0.39, 0.29) is 5.91 Å². The monoisotopic (exact) mass is 419 g/mol. The minimum absolute atomic E-state index is 0.174. The van der Waals surface area contributed by atoms with Gasteiger partial charge in [-0.1, -0.05) is 44.0 Å². The number of carbonyl (C=O) groups excluding carboxylic acids is 1. The third-order valence-corrected chi connectivity index (χ3v) is 4.92. The van der Waals surface area contributed by atoms with Gasteiger partial charge in [0.05, 0.1) is 26.3 Å². The maximum Gasteiger partial charge on any atom is 0.261 e. The molecule has 0 heterocycles. The summed E-state index contributed by atoms with van der Waals surface area (Å²) in [5.41, 5.74) is 1.83. The van der Waals surface area contributed by atoms with Gasteiger partial charge in [0.15, 0.2) is 6.10 Å². The van der Waals surface area contributed by atoms with E-state index >= 15 is 0 Å². The quantitative estimate of drug-likeness (QED) is 0.562. The van der Waals surface area contributed by atoms with Crippen LogP contribution in [0, 0.1) is 0 Å². The van der Waals surface area contributed by atoms with Crippen LogP contribution < -0.4 is 14.8 Å². The molecule has 5 nitrogen and oxygen atoms in total. The molecule has 1 aromatic carbocycles. The average Bonchev–Trinajstić information content (AvgIpc) is 2.90. The molecule has 0 radical (unpaired) electrons. The number of amides is 1. The second-order valence-electron chi connectivity index (χ2n) is 6.71. The average molecular weight is 420 g/mol. The summed E-state index contributed by atoms with van der Waals surface area (Å²) in [6, 6.07) is 5.53. The molecule has 0 spiro atoms. The highest BCUT2D eigenvalue weighted by atomic mass is 35.5. The predicted molar refractivity (Wildman–Crippen MR) is 116 cm³/mol. The van der Waals surface area contributed by atoms with Gasteiger partial charge in [0.1, 0.15) is 17.3 Å². The molecule has 6 heteroatoms. The number of benzene rings is 1. The SMILES string of the molecule is CCCC1=C(OC(CC)C(=O)NCc2c(OC)cccc2OC)CC=CC(Cl)=C1. The van der Waals surface area contributed by atoms with E-state index in [9.17, 15) is 4.79 Å². The van der Waals surface area contributed by atoms with E-state index in [4.69, 9.17) is 25.8 Å². The Morgan fingerprint density at radius 3 is 2.48 bits per heavy atom. The number of hydrogen-bond donors (Lipinski definition) is 1. The molecule has 1 unspecified atom stereocenters. The van der Waals surface area contributed by atoms with Gasteiger partial charge in [0, 0.05) is 11.5 Å².